The molecular formula is C43H35N3O2. The first-order chi connectivity index (χ1) is 24.6. The first-order valence-corrected chi connectivity index (χ1v) is 16.5. The number of hydrogen-bond donors (Lipinski definition) is 0. The second-order valence-electron chi connectivity index (χ2n) is 13.2. The minimum Gasteiger partial charge on any atom is -0.454 e. The van der Waals surface area contributed by atoms with E-state index in [4.69, 9.17) is 22.9 Å². The average molecular weight is 629 g/mol. The average Bonchev–Trinajstić information content (AvgIpc) is 3.80. The van der Waals surface area contributed by atoms with E-state index in [-0.39, 0.29) is 17.4 Å². The van der Waals surface area contributed by atoms with Crippen molar-refractivity contribution >= 4 is 55.2 Å². The normalized spacial score (nSPS) is 13.4. The van der Waals surface area contributed by atoms with Crippen LogP contribution in [-0.2, 0) is 0 Å². The zero-order valence-electron chi connectivity index (χ0n) is 30.2. The van der Waals surface area contributed by atoms with Crippen molar-refractivity contribution in [2.24, 2.45) is 0 Å². The maximum absolute atomic E-state index is 7.83. The number of hydrogen-bond acceptors (Lipinski definition) is 4. The lowest BCUT2D eigenvalue weighted by Crippen LogP contribution is -2.09. The van der Waals surface area contributed by atoms with E-state index in [1.54, 1.807) is 18.2 Å². The fourth-order valence-electron chi connectivity index (χ4n) is 7.12. The molecule has 0 bridgehead atoms. The van der Waals surface area contributed by atoms with Crippen LogP contribution in [-0.4, -0.2) is 14.5 Å². The van der Waals surface area contributed by atoms with E-state index < -0.39 is 6.85 Å². The van der Waals surface area contributed by atoms with Gasteiger partial charge in [0.1, 0.15) is 22.5 Å². The molecule has 4 heterocycles. The summed E-state index contributed by atoms with van der Waals surface area (Å²) in [5.41, 5.74) is 12.0. The summed E-state index contributed by atoms with van der Waals surface area (Å²) >= 11 is 0. The van der Waals surface area contributed by atoms with E-state index in [1.807, 2.05) is 24.3 Å². The molecule has 0 saturated heterocycles. The lowest BCUT2D eigenvalue weighted by Gasteiger charge is -2.24. The SMILES string of the molecule is [2H]C([2H])([2H])c1ccc2c(c1)oc1nc3c(cc12)oc1c(-c2nc4ccccc4n2-c2c(C(C)C)cc(-c4ccccc4)cc2C(C)C)cccc13. The molecule has 0 amide bonds. The van der Waals surface area contributed by atoms with E-state index in [9.17, 15) is 0 Å². The highest BCUT2D eigenvalue weighted by molar-refractivity contribution is 6.13. The number of pyridine rings is 1. The van der Waals surface area contributed by atoms with E-state index in [2.05, 4.69) is 99.0 Å². The molecule has 0 unspecified atom stereocenters. The lowest BCUT2D eigenvalue weighted by atomic mass is 9.88. The van der Waals surface area contributed by atoms with Crippen LogP contribution in [0.4, 0.5) is 0 Å². The molecule has 9 aromatic rings. The Kier molecular flexibility index (Phi) is 5.65. The zero-order valence-corrected chi connectivity index (χ0v) is 27.2. The van der Waals surface area contributed by atoms with Gasteiger partial charge in [0, 0.05) is 14.9 Å². The molecule has 234 valence electrons. The highest BCUT2D eigenvalue weighted by Gasteiger charge is 2.26. The Morgan fingerprint density at radius 3 is 2.19 bits per heavy atom. The third-order valence-electron chi connectivity index (χ3n) is 9.46. The van der Waals surface area contributed by atoms with Gasteiger partial charge >= 0.3 is 0 Å². The molecule has 4 aromatic heterocycles. The molecule has 0 fully saturated rings. The Morgan fingerprint density at radius 1 is 0.646 bits per heavy atom. The Labute approximate surface area is 282 Å². The fourth-order valence-corrected chi connectivity index (χ4v) is 7.12. The van der Waals surface area contributed by atoms with Gasteiger partial charge in [0.15, 0.2) is 5.58 Å². The molecule has 0 radical (unpaired) electrons. The van der Waals surface area contributed by atoms with Gasteiger partial charge in [-0.1, -0.05) is 88.4 Å². The van der Waals surface area contributed by atoms with Crippen molar-refractivity contribution in [1.29, 1.82) is 0 Å². The summed E-state index contributed by atoms with van der Waals surface area (Å²) in [4.78, 5) is 10.2. The summed E-state index contributed by atoms with van der Waals surface area (Å²) in [7, 11) is 0. The first kappa shape index (κ1) is 25.4. The van der Waals surface area contributed by atoms with Crippen LogP contribution in [0.5, 0.6) is 0 Å². The smallest absolute Gasteiger partial charge is 0.228 e. The topological polar surface area (TPSA) is 57.0 Å². The van der Waals surface area contributed by atoms with E-state index in [1.165, 1.54) is 22.3 Å². The fraction of sp³-hybridized carbons (Fsp3) is 0.163. The standard InChI is InChI=1S/C43H35N3O2/c1-24(2)32-21-28(27-12-7-6-8-13-27)22-33(25(3)4)40(32)46-36-17-10-9-16-35(36)44-42(46)31-15-11-14-30-39-38(47-41(30)31)23-34-29-19-18-26(5)20-37(29)48-43(34)45-39/h6-25H,1-5H3/i5D3. The second-order valence-corrected chi connectivity index (χ2v) is 13.2. The number of para-hydroxylation sites is 3. The van der Waals surface area contributed by atoms with Gasteiger partial charge in [-0.2, -0.15) is 0 Å². The number of fused-ring (bicyclic) bond motifs is 7. The van der Waals surface area contributed by atoms with Gasteiger partial charge in [0.25, 0.3) is 0 Å². The Morgan fingerprint density at radius 2 is 1.42 bits per heavy atom. The maximum atomic E-state index is 7.83. The van der Waals surface area contributed by atoms with Crippen LogP contribution in [0.25, 0.3) is 83.4 Å². The second kappa shape index (κ2) is 10.7. The van der Waals surface area contributed by atoms with Gasteiger partial charge in [-0.05, 0) is 95.0 Å². The molecule has 48 heavy (non-hydrogen) atoms. The number of furan rings is 2. The summed E-state index contributed by atoms with van der Waals surface area (Å²) in [6, 6.07) is 36.6. The molecule has 0 atom stereocenters. The van der Waals surface area contributed by atoms with Crippen molar-refractivity contribution in [2.45, 2.75) is 46.4 Å². The third kappa shape index (κ3) is 4.31. The number of benzene rings is 5. The van der Waals surface area contributed by atoms with Crippen molar-refractivity contribution in [1.82, 2.24) is 14.5 Å². The van der Waals surface area contributed by atoms with Crippen molar-refractivity contribution in [3.05, 3.63) is 126 Å². The zero-order chi connectivity index (χ0) is 35.2. The number of rotatable bonds is 5. The van der Waals surface area contributed by atoms with Gasteiger partial charge < -0.3 is 8.83 Å². The summed E-state index contributed by atoms with van der Waals surface area (Å²) in [6.07, 6.45) is 0. The molecule has 9 rings (SSSR count). The van der Waals surface area contributed by atoms with Crippen LogP contribution in [0.2, 0.25) is 0 Å². The molecule has 0 spiro atoms. The van der Waals surface area contributed by atoms with E-state index in [0.29, 0.717) is 28.0 Å². The van der Waals surface area contributed by atoms with Crippen molar-refractivity contribution < 1.29 is 12.9 Å². The third-order valence-corrected chi connectivity index (χ3v) is 9.46. The minimum atomic E-state index is -2.23. The van der Waals surface area contributed by atoms with Crippen molar-refractivity contribution in [2.75, 3.05) is 0 Å². The number of nitrogens with zero attached hydrogens (tertiary/aromatic N) is 3. The first-order valence-electron chi connectivity index (χ1n) is 18.0. The molecule has 0 saturated carbocycles. The molecule has 5 aromatic carbocycles. The van der Waals surface area contributed by atoms with Crippen molar-refractivity contribution in [3.8, 4) is 28.2 Å². The molecule has 0 aliphatic rings. The van der Waals surface area contributed by atoms with Crippen LogP contribution in [0, 0.1) is 6.85 Å². The molecule has 5 nitrogen and oxygen atoms in total. The van der Waals surface area contributed by atoms with Gasteiger partial charge in [-0.25, -0.2) is 9.97 Å². The quantitative estimate of drug-likeness (QED) is 0.190. The van der Waals surface area contributed by atoms with E-state index >= 15 is 0 Å². The number of aryl methyl sites for hydroxylation is 1. The summed E-state index contributed by atoms with van der Waals surface area (Å²) in [5.74, 6) is 1.27. The summed E-state index contributed by atoms with van der Waals surface area (Å²) in [6.45, 7) is 6.79. The van der Waals surface area contributed by atoms with Crippen LogP contribution in [0.3, 0.4) is 0 Å². The predicted octanol–water partition coefficient (Wildman–Crippen LogP) is 12.1. The lowest BCUT2D eigenvalue weighted by molar-refractivity contribution is 0.652. The Balaban J connectivity index is 1.31. The van der Waals surface area contributed by atoms with Crippen LogP contribution >= 0.6 is 0 Å². The van der Waals surface area contributed by atoms with Crippen LogP contribution in [0.15, 0.2) is 118 Å². The van der Waals surface area contributed by atoms with Gasteiger partial charge in [-0.15, -0.1) is 0 Å². The molecule has 0 aliphatic carbocycles. The van der Waals surface area contributed by atoms with E-state index in [0.717, 1.165) is 44.3 Å². The molecule has 5 heteroatoms. The Bertz CT molecular complexity index is 2780. The highest BCUT2D eigenvalue weighted by atomic mass is 16.3. The number of aromatic nitrogens is 3. The summed E-state index contributed by atoms with van der Waals surface area (Å²) in [5, 5.41) is 2.40. The molecule has 0 aliphatic heterocycles. The van der Waals surface area contributed by atoms with Gasteiger partial charge in [0.2, 0.25) is 5.71 Å². The molecular weight excluding hydrogens is 590 g/mol. The number of imidazole rings is 1. The van der Waals surface area contributed by atoms with Crippen LogP contribution in [0.1, 0.15) is 60.3 Å². The predicted molar refractivity (Wildman–Crippen MR) is 197 cm³/mol. The largest absolute Gasteiger partial charge is 0.454 e. The highest BCUT2D eigenvalue weighted by Crippen LogP contribution is 2.43. The minimum absolute atomic E-state index is 0.228. The maximum Gasteiger partial charge on any atom is 0.228 e. The van der Waals surface area contributed by atoms with Crippen molar-refractivity contribution in [3.63, 3.8) is 0 Å². The Hall–Kier alpha value is -5.68. The van der Waals surface area contributed by atoms with Gasteiger partial charge in [0.05, 0.1) is 27.7 Å². The molecule has 0 N–H and O–H groups in total. The van der Waals surface area contributed by atoms with Gasteiger partial charge in [-0.3, -0.25) is 4.57 Å². The monoisotopic (exact) mass is 628 g/mol. The van der Waals surface area contributed by atoms with Crippen LogP contribution < -0.4 is 0 Å². The summed E-state index contributed by atoms with van der Waals surface area (Å²) < 4.78 is 38.7.